The van der Waals surface area contributed by atoms with Gasteiger partial charge in [-0.05, 0) is 67.4 Å². The summed E-state index contributed by atoms with van der Waals surface area (Å²) in [6.45, 7) is 3.30. The predicted octanol–water partition coefficient (Wildman–Crippen LogP) is 2.59. The smallest absolute Gasteiger partial charge is 0.490 e. The molecule has 47 heavy (non-hydrogen) atoms. The van der Waals surface area contributed by atoms with Gasteiger partial charge in [0.25, 0.3) is 11.8 Å². The van der Waals surface area contributed by atoms with Gasteiger partial charge in [0, 0.05) is 37.7 Å². The standard InChI is InChI=1S/C30H32F3N7O7/c1-5-45-22-14-18(8-11-21(22)46-28(27(43)40(3)4)47-29(44)30(31,32)33)23(37-19-9-6-17(7-10-19)24(34)35)26(42)39-38-25(41)20-15-36-13-12-16(20)2/h6-15,23,28,37H,5H2,1-4H3,(H3,34,35)(H,38,41)(H,39,42). The first-order chi connectivity index (χ1) is 22.1. The number of nitrogens with one attached hydrogen (secondary N) is 4. The van der Waals surface area contributed by atoms with E-state index in [2.05, 4.69) is 25.9 Å². The number of amidine groups is 1. The van der Waals surface area contributed by atoms with E-state index >= 15 is 0 Å². The maximum absolute atomic E-state index is 13.5. The third kappa shape index (κ3) is 9.56. The van der Waals surface area contributed by atoms with Gasteiger partial charge < -0.3 is 30.2 Å². The predicted molar refractivity (Wildman–Crippen MR) is 161 cm³/mol. The highest BCUT2D eigenvalue weighted by molar-refractivity contribution is 5.97. The monoisotopic (exact) mass is 659 g/mol. The number of aryl methyl sites for hydroxylation is 1. The van der Waals surface area contributed by atoms with Crippen molar-refractivity contribution in [3.05, 3.63) is 83.2 Å². The van der Waals surface area contributed by atoms with Crippen molar-refractivity contribution in [3.8, 4) is 11.5 Å². The van der Waals surface area contributed by atoms with Crippen LogP contribution in [-0.2, 0) is 19.1 Å². The number of anilines is 1. The fourth-order valence-electron chi connectivity index (χ4n) is 3.86. The molecule has 3 rings (SSSR count). The lowest BCUT2D eigenvalue weighted by atomic mass is 10.0. The van der Waals surface area contributed by atoms with Crippen LogP contribution >= 0.6 is 0 Å². The topological polar surface area (TPSA) is 198 Å². The van der Waals surface area contributed by atoms with E-state index in [1.165, 1.54) is 44.7 Å². The van der Waals surface area contributed by atoms with Crippen LogP contribution < -0.4 is 31.4 Å². The van der Waals surface area contributed by atoms with Gasteiger partial charge in [0.1, 0.15) is 11.9 Å². The molecule has 14 nitrogen and oxygen atoms in total. The van der Waals surface area contributed by atoms with Gasteiger partial charge in [-0.2, -0.15) is 13.2 Å². The number of aromatic nitrogens is 1. The van der Waals surface area contributed by atoms with Gasteiger partial charge in [-0.3, -0.25) is 35.6 Å². The quantitative estimate of drug-likeness (QED) is 0.0633. The number of likely N-dealkylation sites (N-methyl/N-ethyl adjacent to an activating group) is 1. The number of alkyl halides is 3. The van der Waals surface area contributed by atoms with Crippen LogP contribution in [0.1, 0.15) is 40.0 Å². The molecular formula is C30H32F3N7O7. The van der Waals surface area contributed by atoms with Crippen molar-refractivity contribution in [2.45, 2.75) is 32.4 Å². The zero-order valence-corrected chi connectivity index (χ0v) is 25.6. The number of rotatable bonds is 12. The lowest BCUT2D eigenvalue weighted by Gasteiger charge is -2.24. The molecule has 0 spiro atoms. The Morgan fingerprint density at radius 2 is 1.70 bits per heavy atom. The van der Waals surface area contributed by atoms with Crippen LogP contribution in [0.5, 0.6) is 11.5 Å². The zero-order valence-electron chi connectivity index (χ0n) is 25.6. The number of carbonyl (C=O) groups is 4. The van der Waals surface area contributed by atoms with Crippen molar-refractivity contribution in [2.24, 2.45) is 5.73 Å². The number of nitrogens with two attached hydrogens (primary N) is 1. The van der Waals surface area contributed by atoms with E-state index in [0.717, 1.165) is 4.90 Å². The lowest BCUT2D eigenvalue weighted by Crippen LogP contribution is -2.45. The molecule has 0 fully saturated rings. The number of nitrogen functional groups attached to an aromatic ring is 1. The Bertz CT molecular complexity index is 1630. The van der Waals surface area contributed by atoms with Crippen molar-refractivity contribution in [2.75, 3.05) is 26.0 Å². The van der Waals surface area contributed by atoms with Gasteiger partial charge in [0.05, 0.1) is 12.2 Å². The molecule has 0 saturated heterocycles. The van der Waals surface area contributed by atoms with Crippen LogP contribution in [0.15, 0.2) is 60.9 Å². The van der Waals surface area contributed by atoms with Gasteiger partial charge in [-0.15, -0.1) is 0 Å². The summed E-state index contributed by atoms with van der Waals surface area (Å²) in [5.41, 5.74) is 12.1. The molecule has 2 aromatic carbocycles. The van der Waals surface area contributed by atoms with E-state index in [0.29, 0.717) is 16.8 Å². The highest BCUT2D eigenvalue weighted by Gasteiger charge is 2.44. The van der Waals surface area contributed by atoms with Crippen molar-refractivity contribution < 1.29 is 46.6 Å². The number of esters is 1. The van der Waals surface area contributed by atoms with Gasteiger partial charge in [-0.1, -0.05) is 6.07 Å². The minimum Gasteiger partial charge on any atom is -0.490 e. The molecule has 3 amide bonds. The fraction of sp³-hybridized carbons (Fsp3) is 0.267. The van der Waals surface area contributed by atoms with Crippen LogP contribution in [0.4, 0.5) is 18.9 Å². The second-order valence-electron chi connectivity index (χ2n) is 9.93. The summed E-state index contributed by atoms with van der Waals surface area (Å²) in [6, 6.07) is 10.4. The minimum absolute atomic E-state index is 0.0196. The van der Waals surface area contributed by atoms with Crippen LogP contribution in [0, 0.1) is 12.3 Å². The number of hydrogen-bond acceptors (Lipinski definition) is 10. The number of amides is 3. The van der Waals surface area contributed by atoms with E-state index in [9.17, 15) is 32.3 Å². The molecule has 0 aliphatic heterocycles. The number of hydrogen-bond donors (Lipinski definition) is 5. The number of pyridine rings is 1. The second kappa shape index (κ2) is 15.4. The van der Waals surface area contributed by atoms with Crippen molar-refractivity contribution >= 4 is 35.2 Å². The first kappa shape index (κ1) is 35.6. The largest absolute Gasteiger partial charge is 0.491 e. The van der Waals surface area contributed by atoms with E-state index in [1.807, 2.05) is 0 Å². The van der Waals surface area contributed by atoms with E-state index in [4.69, 9.17) is 20.6 Å². The highest BCUT2D eigenvalue weighted by atomic mass is 19.4. The molecular weight excluding hydrogens is 627 g/mol. The molecule has 2 atom stereocenters. The van der Waals surface area contributed by atoms with Crippen LogP contribution in [-0.4, -0.2) is 72.6 Å². The third-order valence-corrected chi connectivity index (χ3v) is 6.27. The van der Waals surface area contributed by atoms with E-state index < -0.39 is 42.2 Å². The highest BCUT2D eigenvalue weighted by Crippen LogP contribution is 2.33. The lowest BCUT2D eigenvalue weighted by molar-refractivity contribution is -0.217. The summed E-state index contributed by atoms with van der Waals surface area (Å²) in [7, 11) is 2.44. The molecule has 1 heterocycles. The molecule has 0 radical (unpaired) electrons. The SMILES string of the molecule is CCOc1cc(C(Nc2ccc(C(=N)N)cc2)C(=O)NNC(=O)c2cnccc2C)ccc1OC(OC(=O)C(F)(F)F)C(=O)N(C)C. The summed E-state index contributed by atoms with van der Waals surface area (Å²) < 4.78 is 54.1. The second-order valence-corrected chi connectivity index (χ2v) is 9.93. The summed E-state index contributed by atoms with van der Waals surface area (Å²) in [4.78, 5) is 55.1. The normalized spacial score (nSPS) is 12.1. The van der Waals surface area contributed by atoms with Gasteiger partial charge in [-0.25, -0.2) is 4.79 Å². The maximum atomic E-state index is 13.5. The Morgan fingerprint density at radius 1 is 1.02 bits per heavy atom. The average molecular weight is 660 g/mol. The molecule has 0 aliphatic rings. The molecule has 0 aliphatic carbocycles. The summed E-state index contributed by atoms with van der Waals surface area (Å²) in [5, 5.41) is 10.6. The fourth-order valence-corrected chi connectivity index (χ4v) is 3.86. The third-order valence-electron chi connectivity index (χ3n) is 6.27. The summed E-state index contributed by atoms with van der Waals surface area (Å²) >= 11 is 0. The average Bonchev–Trinajstić information content (AvgIpc) is 3.02. The van der Waals surface area contributed by atoms with Crippen LogP contribution in [0.25, 0.3) is 0 Å². The molecule has 2 unspecified atom stereocenters. The Morgan fingerprint density at radius 3 is 2.28 bits per heavy atom. The Labute approximate surface area is 266 Å². The number of halogens is 3. The van der Waals surface area contributed by atoms with Crippen molar-refractivity contribution in [1.82, 2.24) is 20.7 Å². The Kier molecular flexibility index (Phi) is 11.7. The summed E-state index contributed by atoms with van der Waals surface area (Å²) in [6.07, 6.45) is -4.89. The van der Waals surface area contributed by atoms with E-state index in [1.54, 1.807) is 44.2 Å². The maximum Gasteiger partial charge on any atom is 0.491 e. The number of hydrazine groups is 1. The molecule has 0 bridgehead atoms. The van der Waals surface area contributed by atoms with Crippen molar-refractivity contribution in [1.29, 1.82) is 5.41 Å². The molecule has 250 valence electrons. The van der Waals surface area contributed by atoms with Gasteiger partial charge in [0.2, 0.25) is 0 Å². The number of carbonyl (C=O) groups excluding carboxylic acids is 4. The summed E-state index contributed by atoms with van der Waals surface area (Å²) in [5.74, 6) is -5.73. The number of nitrogens with zero attached hydrogens (tertiary/aromatic N) is 2. The minimum atomic E-state index is -5.40. The molecule has 17 heteroatoms. The van der Waals surface area contributed by atoms with E-state index in [-0.39, 0.29) is 35.1 Å². The number of ether oxygens (including phenoxy) is 3. The van der Waals surface area contributed by atoms with Crippen LogP contribution in [0.3, 0.4) is 0 Å². The molecule has 1 aromatic heterocycles. The molecule has 0 saturated carbocycles. The Balaban J connectivity index is 1.97. The van der Waals surface area contributed by atoms with Gasteiger partial charge in [0.15, 0.2) is 11.5 Å². The Hall–Kier alpha value is -5.87. The zero-order chi connectivity index (χ0) is 34.9. The number of benzene rings is 2. The molecule has 6 N–H and O–H groups in total. The first-order valence-electron chi connectivity index (χ1n) is 13.8. The van der Waals surface area contributed by atoms with Crippen molar-refractivity contribution in [3.63, 3.8) is 0 Å². The first-order valence-corrected chi connectivity index (χ1v) is 13.8. The van der Waals surface area contributed by atoms with Crippen LogP contribution in [0.2, 0.25) is 0 Å². The molecule has 3 aromatic rings. The van der Waals surface area contributed by atoms with Gasteiger partial charge >= 0.3 is 24.3 Å².